The number of benzene rings is 1. The third-order valence-corrected chi connectivity index (χ3v) is 3.92. The summed E-state index contributed by atoms with van der Waals surface area (Å²) < 4.78 is 6.71. The van der Waals surface area contributed by atoms with E-state index in [1.807, 2.05) is 0 Å². The van der Waals surface area contributed by atoms with Crippen LogP contribution >= 0.6 is 0 Å². The van der Waals surface area contributed by atoms with Crippen LogP contribution in [0.1, 0.15) is 24.2 Å². The minimum absolute atomic E-state index is 0.192. The molecule has 144 valence electrons. The first-order valence-electron chi connectivity index (χ1n) is 8.15. The van der Waals surface area contributed by atoms with E-state index in [0.29, 0.717) is 5.69 Å². The summed E-state index contributed by atoms with van der Waals surface area (Å²) in [7, 11) is 3.22. The summed E-state index contributed by atoms with van der Waals surface area (Å²) in [5, 5.41) is 15.9. The number of rotatable bonds is 7. The van der Waals surface area contributed by atoms with E-state index >= 15 is 0 Å². The Bertz CT molecular complexity index is 857. The van der Waals surface area contributed by atoms with Crippen molar-refractivity contribution in [2.75, 3.05) is 26.0 Å². The van der Waals surface area contributed by atoms with Crippen molar-refractivity contribution in [1.29, 1.82) is 0 Å². The number of nitrogens with zero attached hydrogens (tertiary/aromatic N) is 3. The van der Waals surface area contributed by atoms with E-state index in [4.69, 9.17) is 4.74 Å². The topological polar surface area (TPSA) is 114 Å². The third-order valence-electron chi connectivity index (χ3n) is 3.92. The van der Waals surface area contributed by atoms with Crippen molar-refractivity contribution in [2.45, 2.75) is 19.4 Å². The van der Waals surface area contributed by atoms with Crippen LogP contribution in [0.15, 0.2) is 36.7 Å². The second-order valence-corrected chi connectivity index (χ2v) is 6.56. The summed E-state index contributed by atoms with van der Waals surface area (Å²) in [5.41, 5.74) is -0.668. The third kappa shape index (κ3) is 4.63. The molecule has 0 aliphatic carbocycles. The van der Waals surface area contributed by atoms with Gasteiger partial charge in [-0.2, -0.15) is 5.10 Å². The van der Waals surface area contributed by atoms with E-state index in [0.717, 1.165) is 0 Å². The lowest BCUT2D eigenvalue weighted by Gasteiger charge is -2.19. The number of carbonyl (C=O) groups is 3. The number of hydrogen-bond acceptors (Lipinski definition) is 5. The van der Waals surface area contributed by atoms with Crippen molar-refractivity contribution in [3.63, 3.8) is 0 Å². The predicted molar refractivity (Wildman–Crippen MR) is 97.8 cm³/mol. The molecule has 27 heavy (non-hydrogen) atoms. The van der Waals surface area contributed by atoms with Gasteiger partial charge in [-0.05, 0) is 26.0 Å². The van der Waals surface area contributed by atoms with Crippen LogP contribution in [0.2, 0.25) is 0 Å². The summed E-state index contributed by atoms with van der Waals surface area (Å²) in [6.45, 7) is 2.81. The molecular weight excluding hydrogens is 352 g/mol. The molecule has 1 aromatic carbocycles. The number of hydrogen-bond donors (Lipinski definition) is 2. The number of para-hydroxylation sites is 1. The molecule has 0 radical (unpaired) electrons. The second kappa shape index (κ2) is 7.90. The molecule has 9 heteroatoms. The normalized spacial score (nSPS) is 11.0. The molecular formula is C18H22N4O5. The average Bonchev–Trinajstić information content (AvgIpc) is 3.08. The maximum Gasteiger partial charge on any atom is 0.331 e. The lowest BCUT2D eigenvalue weighted by atomic mass is 10.1. The molecule has 2 aromatic rings. The summed E-state index contributed by atoms with van der Waals surface area (Å²) in [5.74, 6) is -1.48. The smallest absolute Gasteiger partial charge is 0.331 e. The van der Waals surface area contributed by atoms with Crippen molar-refractivity contribution in [1.82, 2.24) is 14.7 Å². The molecule has 2 amide bonds. The van der Waals surface area contributed by atoms with Gasteiger partial charge in [0, 0.05) is 20.3 Å². The number of anilines is 1. The number of ether oxygens (including phenoxy) is 1. The number of aliphatic carboxylic acids is 1. The van der Waals surface area contributed by atoms with Gasteiger partial charge < -0.3 is 20.1 Å². The quantitative estimate of drug-likeness (QED) is 0.758. The molecule has 0 aliphatic rings. The molecule has 0 saturated carbocycles. The monoisotopic (exact) mass is 374 g/mol. The molecule has 0 fully saturated rings. The molecule has 1 aromatic heterocycles. The van der Waals surface area contributed by atoms with E-state index in [9.17, 15) is 19.5 Å². The average molecular weight is 374 g/mol. The van der Waals surface area contributed by atoms with Gasteiger partial charge in [0.25, 0.3) is 11.8 Å². The molecule has 0 saturated heterocycles. The van der Waals surface area contributed by atoms with Crippen LogP contribution in [0.4, 0.5) is 5.69 Å². The number of likely N-dealkylation sites (N-methyl/N-ethyl adjacent to an activating group) is 1. The van der Waals surface area contributed by atoms with Gasteiger partial charge in [-0.25, -0.2) is 4.79 Å². The van der Waals surface area contributed by atoms with Gasteiger partial charge in [0.05, 0.1) is 17.4 Å². The van der Waals surface area contributed by atoms with Crippen molar-refractivity contribution < 1.29 is 24.2 Å². The SMILES string of the molecule is CN(C)C(=O)COc1ccccc1C(=O)Nc1cnn(C(C)(C)C(=O)O)c1. The highest BCUT2D eigenvalue weighted by molar-refractivity contribution is 6.06. The van der Waals surface area contributed by atoms with Gasteiger partial charge in [-0.15, -0.1) is 0 Å². The number of carboxylic acids is 1. The highest BCUT2D eigenvalue weighted by Gasteiger charge is 2.30. The van der Waals surface area contributed by atoms with Gasteiger partial charge in [0.1, 0.15) is 5.75 Å². The molecule has 1 heterocycles. The molecule has 2 rings (SSSR count). The first-order valence-corrected chi connectivity index (χ1v) is 8.15. The van der Waals surface area contributed by atoms with E-state index < -0.39 is 17.4 Å². The Hall–Kier alpha value is -3.36. The Morgan fingerprint density at radius 1 is 1.26 bits per heavy atom. The maximum absolute atomic E-state index is 12.6. The Labute approximate surface area is 156 Å². The first kappa shape index (κ1) is 20.0. The zero-order chi connectivity index (χ0) is 20.2. The van der Waals surface area contributed by atoms with Gasteiger partial charge in [-0.3, -0.25) is 14.3 Å². The van der Waals surface area contributed by atoms with Crippen LogP contribution in [-0.4, -0.2) is 58.3 Å². The summed E-state index contributed by atoms with van der Waals surface area (Å²) in [6.07, 6.45) is 2.80. The Morgan fingerprint density at radius 2 is 1.93 bits per heavy atom. The van der Waals surface area contributed by atoms with Gasteiger partial charge in [-0.1, -0.05) is 12.1 Å². The molecule has 0 aliphatic heterocycles. The number of amides is 2. The zero-order valence-corrected chi connectivity index (χ0v) is 15.6. The van der Waals surface area contributed by atoms with Gasteiger partial charge in [0.2, 0.25) is 0 Å². The number of nitrogens with one attached hydrogen (secondary N) is 1. The van der Waals surface area contributed by atoms with Crippen LogP contribution < -0.4 is 10.1 Å². The largest absolute Gasteiger partial charge is 0.483 e. The molecule has 9 nitrogen and oxygen atoms in total. The van der Waals surface area contributed by atoms with E-state index in [2.05, 4.69) is 10.4 Å². The highest BCUT2D eigenvalue weighted by Crippen LogP contribution is 2.21. The molecule has 2 N–H and O–H groups in total. The lowest BCUT2D eigenvalue weighted by Crippen LogP contribution is -2.35. The van der Waals surface area contributed by atoms with Crippen molar-refractivity contribution in [3.05, 3.63) is 42.2 Å². The van der Waals surface area contributed by atoms with Crippen molar-refractivity contribution in [2.24, 2.45) is 0 Å². The lowest BCUT2D eigenvalue weighted by molar-refractivity contribution is -0.146. The van der Waals surface area contributed by atoms with Crippen molar-refractivity contribution in [3.8, 4) is 5.75 Å². The highest BCUT2D eigenvalue weighted by atomic mass is 16.5. The summed E-state index contributed by atoms with van der Waals surface area (Å²) >= 11 is 0. The maximum atomic E-state index is 12.6. The van der Waals surface area contributed by atoms with Crippen LogP contribution in [0, 0.1) is 0 Å². The van der Waals surface area contributed by atoms with Gasteiger partial charge in [0.15, 0.2) is 12.1 Å². The Balaban J connectivity index is 2.14. The van der Waals surface area contributed by atoms with Crippen LogP contribution in [-0.2, 0) is 15.1 Å². The zero-order valence-electron chi connectivity index (χ0n) is 15.6. The summed E-state index contributed by atoms with van der Waals surface area (Å²) in [6, 6.07) is 6.53. The van der Waals surface area contributed by atoms with Gasteiger partial charge >= 0.3 is 5.97 Å². The molecule has 0 spiro atoms. The summed E-state index contributed by atoms with van der Waals surface area (Å²) in [4.78, 5) is 36.9. The van der Waals surface area contributed by atoms with Crippen LogP contribution in [0.25, 0.3) is 0 Å². The van der Waals surface area contributed by atoms with E-state index in [1.165, 1.54) is 35.8 Å². The fourth-order valence-corrected chi connectivity index (χ4v) is 2.04. The minimum atomic E-state index is -1.25. The molecule has 0 unspecified atom stereocenters. The Morgan fingerprint density at radius 3 is 2.56 bits per heavy atom. The fourth-order valence-electron chi connectivity index (χ4n) is 2.04. The second-order valence-electron chi connectivity index (χ2n) is 6.56. The predicted octanol–water partition coefficient (Wildman–Crippen LogP) is 1.42. The Kier molecular flexibility index (Phi) is 5.84. The molecule has 0 atom stereocenters. The first-order chi connectivity index (χ1) is 12.6. The minimum Gasteiger partial charge on any atom is -0.483 e. The standard InChI is InChI=1S/C18H22N4O5/c1-18(2,17(25)26)22-10-12(9-19-22)20-16(24)13-7-5-6-8-14(13)27-11-15(23)21(3)4/h5-10H,11H2,1-4H3,(H,20,24)(H,25,26). The van der Waals surface area contributed by atoms with E-state index in [-0.39, 0.29) is 23.8 Å². The van der Waals surface area contributed by atoms with Crippen LogP contribution in [0.3, 0.4) is 0 Å². The number of carboxylic acid groups (broad SMARTS) is 1. The van der Waals surface area contributed by atoms with Crippen LogP contribution in [0.5, 0.6) is 5.75 Å². The number of carbonyl (C=O) groups excluding carboxylic acids is 2. The molecule has 0 bridgehead atoms. The van der Waals surface area contributed by atoms with E-state index in [1.54, 1.807) is 38.4 Å². The number of aromatic nitrogens is 2. The fraction of sp³-hybridized carbons (Fsp3) is 0.333. The van der Waals surface area contributed by atoms with Crippen molar-refractivity contribution >= 4 is 23.5 Å².